The zero-order valence-corrected chi connectivity index (χ0v) is 13.0. The predicted octanol–water partition coefficient (Wildman–Crippen LogP) is 5.08. The highest BCUT2D eigenvalue weighted by Gasteiger charge is 2.30. The Morgan fingerprint density at radius 3 is 2.19 bits per heavy atom. The topological polar surface area (TPSA) is 12.0 Å². The summed E-state index contributed by atoms with van der Waals surface area (Å²) in [5.41, 5.74) is 1.42. The van der Waals surface area contributed by atoms with Gasteiger partial charge in [-0.3, -0.25) is 0 Å². The Kier molecular flexibility index (Phi) is 4.74. The lowest BCUT2D eigenvalue weighted by atomic mass is 10.0. The first-order chi connectivity index (χ1) is 9.82. The van der Waals surface area contributed by atoms with Crippen molar-refractivity contribution in [1.82, 2.24) is 5.32 Å². The van der Waals surface area contributed by atoms with Crippen LogP contribution in [0.15, 0.2) is 30.3 Å². The second-order valence-electron chi connectivity index (χ2n) is 5.01. The van der Waals surface area contributed by atoms with Gasteiger partial charge in [-0.05, 0) is 49.7 Å². The van der Waals surface area contributed by atoms with E-state index in [-0.39, 0.29) is 6.04 Å². The summed E-state index contributed by atoms with van der Waals surface area (Å²) >= 11 is 1.68. The lowest BCUT2D eigenvalue weighted by Gasteiger charge is -2.19. The minimum atomic E-state index is -4.29. The van der Waals surface area contributed by atoms with Gasteiger partial charge in [0.15, 0.2) is 0 Å². The first-order valence-electron chi connectivity index (χ1n) is 6.80. The second kappa shape index (κ2) is 6.20. The summed E-state index contributed by atoms with van der Waals surface area (Å²) < 4.78 is 37.9. The van der Waals surface area contributed by atoms with Crippen molar-refractivity contribution in [2.45, 2.75) is 33.0 Å². The summed E-state index contributed by atoms with van der Waals surface area (Å²) in [4.78, 5) is 2.37. The standard InChI is InChI=1S/C16H18F3NS/c1-4-20-14(15-10(2)9-11(3)21-15)12-5-7-13(8-6-12)16(17,18)19/h5-9,14,20H,4H2,1-3H3. The molecule has 1 N–H and O–H groups in total. The normalized spacial score (nSPS) is 13.4. The molecule has 0 spiro atoms. The van der Waals surface area contributed by atoms with Crippen molar-refractivity contribution in [1.29, 1.82) is 0 Å². The average molecular weight is 313 g/mol. The van der Waals surface area contributed by atoms with Crippen LogP contribution in [0.2, 0.25) is 0 Å². The van der Waals surface area contributed by atoms with Crippen LogP contribution < -0.4 is 5.32 Å². The van der Waals surface area contributed by atoms with Crippen LogP contribution in [0.4, 0.5) is 13.2 Å². The number of aryl methyl sites for hydroxylation is 2. The SMILES string of the molecule is CCNC(c1ccc(C(F)(F)F)cc1)c1sc(C)cc1C. The van der Waals surface area contributed by atoms with Crippen molar-refractivity contribution in [3.8, 4) is 0 Å². The largest absolute Gasteiger partial charge is 0.416 e. The van der Waals surface area contributed by atoms with E-state index in [9.17, 15) is 13.2 Å². The average Bonchev–Trinajstić information content (AvgIpc) is 2.74. The molecule has 2 rings (SSSR count). The molecule has 0 aliphatic carbocycles. The summed E-state index contributed by atoms with van der Waals surface area (Å²) in [5, 5.41) is 3.36. The second-order valence-corrected chi connectivity index (χ2v) is 6.30. The van der Waals surface area contributed by atoms with Crippen LogP contribution in [-0.4, -0.2) is 6.54 Å². The Hall–Kier alpha value is -1.33. The van der Waals surface area contributed by atoms with Gasteiger partial charge in [0.1, 0.15) is 0 Å². The number of alkyl halides is 3. The fourth-order valence-electron chi connectivity index (χ4n) is 2.38. The van der Waals surface area contributed by atoms with Crippen molar-refractivity contribution in [3.63, 3.8) is 0 Å². The maximum absolute atomic E-state index is 12.6. The molecule has 0 saturated carbocycles. The quantitative estimate of drug-likeness (QED) is 0.829. The number of thiophene rings is 1. The lowest BCUT2D eigenvalue weighted by Crippen LogP contribution is -2.21. The minimum absolute atomic E-state index is 0.0593. The number of nitrogens with one attached hydrogen (secondary N) is 1. The van der Waals surface area contributed by atoms with Crippen molar-refractivity contribution in [3.05, 3.63) is 56.8 Å². The van der Waals surface area contributed by atoms with Crippen molar-refractivity contribution in [2.24, 2.45) is 0 Å². The van der Waals surface area contributed by atoms with Gasteiger partial charge in [0.2, 0.25) is 0 Å². The molecule has 1 aromatic heterocycles. The molecule has 0 fully saturated rings. The van der Waals surface area contributed by atoms with Gasteiger partial charge in [-0.2, -0.15) is 13.2 Å². The minimum Gasteiger partial charge on any atom is -0.306 e. The van der Waals surface area contributed by atoms with Crippen LogP contribution in [-0.2, 0) is 6.18 Å². The Balaban J connectivity index is 2.37. The van der Waals surface area contributed by atoms with E-state index in [2.05, 4.69) is 11.4 Å². The maximum atomic E-state index is 12.6. The molecule has 1 atom stereocenters. The molecule has 1 heterocycles. The van der Waals surface area contributed by atoms with Gasteiger partial charge in [-0.25, -0.2) is 0 Å². The van der Waals surface area contributed by atoms with E-state index in [1.54, 1.807) is 23.5 Å². The van der Waals surface area contributed by atoms with Gasteiger partial charge >= 0.3 is 6.18 Å². The molecule has 0 aliphatic heterocycles. The van der Waals surface area contributed by atoms with Crippen LogP contribution in [0.5, 0.6) is 0 Å². The van der Waals surface area contributed by atoms with Gasteiger partial charge in [0, 0.05) is 9.75 Å². The molecule has 0 amide bonds. The van der Waals surface area contributed by atoms with Gasteiger partial charge in [-0.1, -0.05) is 19.1 Å². The molecule has 0 radical (unpaired) electrons. The third kappa shape index (κ3) is 3.66. The summed E-state index contributed by atoms with van der Waals surface area (Å²) in [6.45, 7) is 6.82. The molecule has 2 aromatic rings. The summed E-state index contributed by atoms with van der Waals surface area (Å²) in [6, 6.07) is 7.46. The summed E-state index contributed by atoms with van der Waals surface area (Å²) in [5.74, 6) is 0. The van der Waals surface area contributed by atoms with Crippen molar-refractivity contribution >= 4 is 11.3 Å². The van der Waals surface area contributed by atoms with E-state index in [4.69, 9.17) is 0 Å². The van der Waals surface area contributed by atoms with Crippen LogP contribution in [0.1, 0.15) is 39.4 Å². The number of benzene rings is 1. The zero-order chi connectivity index (χ0) is 15.6. The number of halogens is 3. The first-order valence-corrected chi connectivity index (χ1v) is 7.62. The van der Waals surface area contributed by atoms with Crippen LogP contribution in [0.3, 0.4) is 0 Å². The van der Waals surface area contributed by atoms with Gasteiger partial charge in [0.25, 0.3) is 0 Å². The first kappa shape index (κ1) is 16.0. The summed E-state index contributed by atoms with van der Waals surface area (Å²) in [6.07, 6.45) is -4.29. The van der Waals surface area contributed by atoms with Gasteiger partial charge < -0.3 is 5.32 Å². The van der Waals surface area contributed by atoms with Gasteiger partial charge in [0.05, 0.1) is 11.6 Å². The molecule has 5 heteroatoms. The van der Waals surface area contributed by atoms with Crippen molar-refractivity contribution in [2.75, 3.05) is 6.54 Å². The number of hydrogen-bond acceptors (Lipinski definition) is 2. The number of rotatable bonds is 4. The fraction of sp³-hybridized carbons (Fsp3) is 0.375. The Labute approximate surface area is 126 Å². The predicted molar refractivity (Wildman–Crippen MR) is 80.8 cm³/mol. The van der Waals surface area contributed by atoms with E-state index in [1.165, 1.54) is 10.4 Å². The highest BCUT2D eigenvalue weighted by atomic mass is 32.1. The van der Waals surface area contributed by atoms with E-state index in [0.29, 0.717) is 0 Å². The van der Waals surface area contributed by atoms with E-state index in [0.717, 1.165) is 29.1 Å². The maximum Gasteiger partial charge on any atom is 0.416 e. The molecule has 1 nitrogen and oxygen atoms in total. The number of hydrogen-bond donors (Lipinski definition) is 1. The Bertz CT molecular complexity index is 599. The molecule has 0 aliphatic rings. The Morgan fingerprint density at radius 2 is 1.76 bits per heavy atom. The van der Waals surface area contributed by atoms with Crippen LogP contribution >= 0.6 is 11.3 Å². The molecule has 1 aromatic carbocycles. The highest BCUT2D eigenvalue weighted by Crippen LogP contribution is 2.34. The zero-order valence-electron chi connectivity index (χ0n) is 12.2. The summed E-state index contributed by atoms with van der Waals surface area (Å²) in [7, 11) is 0. The highest BCUT2D eigenvalue weighted by molar-refractivity contribution is 7.12. The van der Waals surface area contributed by atoms with Crippen molar-refractivity contribution < 1.29 is 13.2 Å². The molecular formula is C16H18F3NS. The molecule has 21 heavy (non-hydrogen) atoms. The molecule has 0 bridgehead atoms. The molecule has 1 unspecified atom stereocenters. The monoisotopic (exact) mass is 313 g/mol. The third-order valence-electron chi connectivity index (χ3n) is 3.32. The van der Waals surface area contributed by atoms with Gasteiger partial charge in [-0.15, -0.1) is 11.3 Å². The van der Waals surface area contributed by atoms with E-state index < -0.39 is 11.7 Å². The van der Waals surface area contributed by atoms with Crippen LogP contribution in [0.25, 0.3) is 0 Å². The van der Waals surface area contributed by atoms with E-state index >= 15 is 0 Å². The third-order valence-corrected chi connectivity index (χ3v) is 4.54. The van der Waals surface area contributed by atoms with Crippen LogP contribution in [0, 0.1) is 13.8 Å². The van der Waals surface area contributed by atoms with E-state index in [1.807, 2.05) is 20.8 Å². The Morgan fingerprint density at radius 1 is 1.14 bits per heavy atom. The fourth-order valence-corrected chi connectivity index (χ4v) is 3.52. The molecular weight excluding hydrogens is 295 g/mol. The lowest BCUT2D eigenvalue weighted by molar-refractivity contribution is -0.137. The molecule has 0 saturated heterocycles. The smallest absolute Gasteiger partial charge is 0.306 e. The molecule has 114 valence electrons.